The number of hydrogen-bond acceptors (Lipinski definition) is 18. The lowest BCUT2D eigenvalue weighted by Gasteiger charge is -2.36. The smallest absolute Gasteiger partial charge is 0.414 e. The van der Waals surface area contributed by atoms with E-state index < -0.39 is 54.3 Å². The zero-order chi connectivity index (χ0) is 65.3. The summed E-state index contributed by atoms with van der Waals surface area (Å²) in [6.45, 7) is 14.1. The van der Waals surface area contributed by atoms with Crippen LogP contribution < -0.4 is 24.6 Å². The maximum Gasteiger partial charge on any atom is 0.414 e. The minimum absolute atomic E-state index is 0.00714. The van der Waals surface area contributed by atoms with E-state index in [9.17, 15) is 29.4 Å². The summed E-state index contributed by atoms with van der Waals surface area (Å²) < 4.78 is 57.3. The minimum atomic E-state index is -1.04. The lowest BCUT2D eigenvalue weighted by Crippen LogP contribution is -2.50. The second-order valence-electron chi connectivity index (χ2n) is 27.4. The van der Waals surface area contributed by atoms with Gasteiger partial charge >= 0.3 is 18.2 Å². The topological polar surface area (TPSA) is 263 Å². The van der Waals surface area contributed by atoms with Crippen LogP contribution in [0.1, 0.15) is 139 Å². The van der Waals surface area contributed by atoms with Crippen LogP contribution in [-0.4, -0.2) is 174 Å². The third-order valence-corrected chi connectivity index (χ3v) is 19.4. The van der Waals surface area contributed by atoms with Crippen LogP contribution in [0, 0.1) is 18.7 Å². The van der Waals surface area contributed by atoms with Gasteiger partial charge in [0.15, 0.2) is 12.0 Å². The Kier molecular flexibility index (Phi) is 17.2. The highest BCUT2D eigenvalue weighted by Crippen LogP contribution is 2.54. The molecule has 1 aliphatic carbocycles. The van der Waals surface area contributed by atoms with Gasteiger partial charge in [-0.2, -0.15) is 15.1 Å². The zero-order valence-corrected chi connectivity index (χ0v) is 53.9. The molecular formula is C69H81FN12O12. The molecule has 9 heterocycles. The van der Waals surface area contributed by atoms with Crippen LogP contribution in [-0.2, 0) is 35.1 Å². The summed E-state index contributed by atoms with van der Waals surface area (Å²) in [7, 11) is 0. The molecule has 4 aromatic carbocycles. The van der Waals surface area contributed by atoms with Crippen molar-refractivity contribution < 1.29 is 62.2 Å². The van der Waals surface area contributed by atoms with E-state index in [1.165, 1.54) is 14.5 Å². The molecule has 4 amide bonds. The molecule has 6 saturated heterocycles. The molecule has 1 unspecified atom stereocenters. The Labute approximate surface area is 543 Å². The van der Waals surface area contributed by atoms with E-state index >= 15 is 4.39 Å². The summed E-state index contributed by atoms with van der Waals surface area (Å²) in [5.74, 6) is -0.424. The Morgan fingerprint density at radius 1 is 0.872 bits per heavy atom. The first-order chi connectivity index (χ1) is 45.4. The van der Waals surface area contributed by atoms with Crippen LogP contribution in [0.15, 0.2) is 73.1 Å². The van der Waals surface area contributed by atoms with E-state index in [1.54, 1.807) is 36.5 Å². The highest BCUT2D eigenvalue weighted by Gasteiger charge is 2.49. The van der Waals surface area contributed by atoms with Gasteiger partial charge < -0.3 is 58.7 Å². The van der Waals surface area contributed by atoms with Crippen LogP contribution in [0.25, 0.3) is 44.2 Å². The number of benzene rings is 4. The maximum absolute atomic E-state index is 17.0. The average molecular weight is 1290 g/mol. The molecular weight excluding hydrogens is 1210 g/mol. The van der Waals surface area contributed by atoms with Crippen LogP contribution in [0.5, 0.6) is 11.8 Å². The Morgan fingerprint density at radius 2 is 1.66 bits per heavy atom. The molecule has 7 atom stereocenters. The quantitative estimate of drug-likeness (QED) is 0.0722. The molecule has 496 valence electrons. The summed E-state index contributed by atoms with van der Waals surface area (Å²) >= 11 is 0. The van der Waals surface area contributed by atoms with Gasteiger partial charge in [-0.3, -0.25) is 14.5 Å². The number of rotatable bonds is 18. The van der Waals surface area contributed by atoms with Crippen molar-refractivity contribution in [3.05, 3.63) is 101 Å². The number of cyclic esters (lactones) is 1. The van der Waals surface area contributed by atoms with Crippen LogP contribution in [0.4, 0.5) is 25.5 Å². The van der Waals surface area contributed by atoms with Crippen LogP contribution in [0.3, 0.4) is 0 Å². The molecule has 14 rings (SSSR count). The van der Waals surface area contributed by atoms with E-state index in [2.05, 4.69) is 26.6 Å². The molecule has 3 aromatic heterocycles. The number of carbonyl (C=O) groups excluding carboxylic acids is 4. The highest BCUT2D eigenvalue weighted by atomic mass is 19.1. The van der Waals surface area contributed by atoms with Crippen molar-refractivity contribution >= 4 is 57.3 Å². The molecule has 7 fully saturated rings. The van der Waals surface area contributed by atoms with Crippen molar-refractivity contribution in [1.82, 2.24) is 49.9 Å². The third kappa shape index (κ3) is 12.3. The largest absolute Gasteiger partial charge is 0.486 e. The predicted octanol–water partition coefficient (Wildman–Crippen LogP) is 9.23. The standard InChI is InChI=1S/C69H81FN12O12/c1-38(2)61(65(86)80-34-47(84)28-56(80)64(85)72-54(36-83)43-16-18-44(19-17-43)77-22-26-91-67(77)87)81-35-53(75-76-81)42-12-10-40(11-13-42)37-92-62-59(58-39(3)52(70)30-55-51(58)31-71-82(55)57-9-7-8-23-90-57)49(41-14-15-41)29-50-60(62)73-66(93-48-20-24-89-25-21-48)74-63(50)78-32-46-27-45(78)33-79(46)68(88)94-69(4,5)6/h10-13,16-19,29-31,35,38,41,45-48,54,56-57,61,83-84H,7-9,14-15,20-28,32-34,36-37H2,1-6H3,(H,72,85)/t45-,46-,47+,54-,56-,57?,61-/m0/s1. The minimum Gasteiger partial charge on any atom is -0.486 e. The van der Waals surface area contributed by atoms with Gasteiger partial charge in [-0.1, -0.05) is 55.5 Å². The molecule has 7 aromatic rings. The maximum atomic E-state index is 17.0. The number of anilines is 2. The van der Waals surface area contributed by atoms with Gasteiger partial charge in [-0.15, -0.1) is 5.10 Å². The van der Waals surface area contributed by atoms with Gasteiger partial charge in [-0.05, 0) is 119 Å². The van der Waals surface area contributed by atoms with Crippen molar-refractivity contribution in [2.24, 2.45) is 5.92 Å². The Bertz CT molecular complexity index is 4010. The van der Waals surface area contributed by atoms with Gasteiger partial charge in [0, 0.05) is 84.7 Å². The number of nitrogens with zero attached hydrogens (tertiary/aromatic N) is 11. The molecule has 6 aliphatic heterocycles. The summed E-state index contributed by atoms with van der Waals surface area (Å²) in [4.78, 5) is 72.2. The average Bonchev–Trinajstić information content (AvgIpc) is 1.35. The van der Waals surface area contributed by atoms with Gasteiger partial charge in [0.05, 0.1) is 68.5 Å². The molecule has 25 heteroatoms. The molecule has 7 aliphatic rings. The number of amides is 4. The number of ether oxygens (including phenoxy) is 6. The number of fused-ring (bicyclic) bond motifs is 4. The van der Waals surface area contributed by atoms with E-state index in [-0.39, 0.29) is 80.4 Å². The van der Waals surface area contributed by atoms with Crippen LogP contribution in [0.2, 0.25) is 0 Å². The number of nitrogens with one attached hydrogen (secondary N) is 1. The van der Waals surface area contributed by atoms with E-state index in [4.69, 9.17) is 43.5 Å². The summed E-state index contributed by atoms with van der Waals surface area (Å²) in [5.41, 5.74) is 6.48. The van der Waals surface area contributed by atoms with Crippen molar-refractivity contribution in [3.63, 3.8) is 0 Å². The first-order valence-electron chi connectivity index (χ1n) is 33.1. The molecule has 2 bridgehead atoms. The fourth-order valence-electron chi connectivity index (χ4n) is 14.4. The molecule has 0 spiro atoms. The van der Waals surface area contributed by atoms with Crippen molar-refractivity contribution in [2.75, 3.05) is 69.0 Å². The van der Waals surface area contributed by atoms with Gasteiger partial charge in [0.2, 0.25) is 11.8 Å². The summed E-state index contributed by atoms with van der Waals surface area (Å²) in [5, 5.41) is 39.8. The lowest BCUT2D eigenvalue weighted by molar-refractivity contribution is -0.142. The number of halogens is 1. The molecule has 1 saturated carbocycles. The number of carbonyl (C=O) groups is 4. The molecule has 24 nitrogen and oxygen atoms in total. The third-order valence-electron chi connectivity index (χ3n) is 19.4. The first-order valence-corrected chi connectivity index (χ1v) is 33.1. The number of likely N-dealkylation sites (tertiary alicyclic amines) is 2. The van der Waals surface area contributed by atoms with E-state index in [0.717, 1.165) is 66.0 Å². The van der Waals surface area contributed by atoms with E-state index in [0.29, 0.717) is 109 Å². The Balaban J connectivity index is 0.779. The fraction of sp³-hybridized carbons (Fsp3) is 0.522. The normalized spacial score (nSPS) is 22.4. The SMILES string of the molecule is Cc1c(F)cc2c(cnn2C2CCCCO2)c1-c1c(C2CC2)cc2c(N3C[C@@H]4C[C@H]3CN4C(=O)OC(C)(C)C)nc(OC3CCOCC3)nc2c1OCc1ccc(-c2cn([C@H](C(=O)N3C[C@H](O)C[C@H]3C(=O)N[C@@H](CO)c3ccc(N4CCOC4=O)cc3)C(C)C)nn2)cc1. The highest BCUT2D eigenvalue weighted by molar-refractivity contribution is 6.06. The fourth-order valence-corrected chi connectivity index (χ4v) is 14.4. The molecule has 3 N–H and O–H groups in total. The number of aliphatic hydroxyl groups excluding tert-OH is 2. The Hall–Kier alpha value is -8.52. The lowest BCUT2D eigenvalue weighted by atomic mass is 9.88. The summed E-state index contributed by atoms with van der Waals surface area (Å²) in [6.07, 6.45) is 7.72. The van der Waals surface area contributed by atoms with Gasteiger partial charge in [-0.25, -0.2) is 23.3 Å². The predicted molar refractivity (Wildman–Crippen MR) is 344 cm³/mol. The second kappa shape index (κ2) is 25.7. The molecule has 94 heavy (non-hydrogen) atoms. The second-order valence-corrected chi connectivity index (χ2v) is 27.4. The van der Waals surface area contributed by atoms with Gasteiger partial charge in [0.25, 0.3) is 0 Å². The number of aromatic nitrogens is 7. The zero-order valence-electron chi connectivity index (χ0n) is 53.9. The number of aliphatic hydroxyl groups is 2. The number of piperazine rings is 1. The summed E-state index contributed by atoms with van der Waals surface area (Å²) in [6, 6.07) is 15.5. The number of β-amino-alcohol motifs (C(OH)–C–C–N with tert-alkyl or cyclic N) is 1. The first kappa shape index (κ1) is 62.9. The Morgan fingerprint density at radius 3 is 2.34 bits per heavy atom. The van der Waals surface area contributed by atoms with E-state index in [1.807, 2.05) is 81.6 Å². The van der Waals surface area contributed by atoms with Crippen LogP contribution >= 0.6 is 0 Å². The van der Waals surface area contributed by atoms with Crippen molar-refractivity contribution in [1.29, 1.82) is 0 Å². The van der Waals surface area contributed by atoms with Crippen molar-refractivity contribution in [3.8, 4) is 34.1 Å². The molecule has 0 radical (unpaired) electrons. The number of hydrogen-bond donors (Lipinski definition) is 3. The monoisotopic (exact) mass is 1290 g/mol. The van der Waals surface area contributed by atoms with Crippen molar-refractivity contribution in [2.45, 2.75) is 166 Å². The van der Waals surface area contributed by atoms with Gasteiger partial charge in [0.1, 0.15) is 59.8 Å².